The molecule has 2 aromatic carbocycles. The van der Waals surface area contributed by atoms with Gasteiger partial charge >= 0.3 is 5.97 Å². The minimum Gasteiger partial charge on any atom is -0.463 e. The molecule has 1 heterocycles. The summed E-state index contributed by atoms with van der Waals surface area (Å²) in [6.45, 7) is 8.58. The molecule has 17 heteroatoms. The van der Waals surface area contributed by atoms with Gasteiger partial charge in [0.05, 0.1) is 36.5 Å². The third-order valence-corrected chi connectivity index (χ3v) is 8.47. The molecule has 0 aliphatic carbocycles. The van der Waals surface area contributed by atoms with Crippen LogP contribution in [0.4, 0.5) is 10.1 Å². The molecule has 3 rings (SSSR count). The van der Waals surface area contributed by atoms with E-state index in [2.05, 4.69) is 21.6 Å². The second-order valence-corrected chi connectivity index (χ2v) is 13.1. The van der Waals surface area contributed by atoms with E-state index in [0.717, 1.165) is 0 Å². The van der Waals surface area contributed by atoms with Crippen molar-refractivity contribution < 1.29 is 53.5 Å². The van der Waals surface area contributed by atoms with Gasteiger partial charge in [0, 0.05) is 36.5 Å². The molecule has 0 fully saturated rings. The van der Waals surface area contributed by atoms with Crippen molar-refractivity contribution in [2.24, 2.45) is 0 Å². The number of aromatic nitrogens is 1. The summed E-state index contributed by atoms with van der Waals surface area (Å²) in [5, 5.41) is 43.9. The predicted octanol–water partition coefficient (Wildman–Crippen LogP) is 6.44. The van der Waals surface area contributed by atoms with Gasteiger partial charge in [-0.2, -0.15) is 0 Å². The Balaban J connectivity index is 1.84. The number of halogens is 1. The van der Waals surface area contributed by atoms with Gasteiger partial charge in [-0.25, -0.2) is 4.39 Å². The largest absolute Gasteiger partial charge is 0.463 e. The first kappa shape index (κ1) is 45.5. The molecular formula is C40H49FN4O12. The number of amides is 1. The molecule has 0 aliphatic rings. The minimum absolute atomic E-state index is 0.0729. The lowest BCUT2D eigenvalue weighted by molar-refractivity contribution is -0.769. The molecule has 16 nitrogen and oxygen atoms in total. The van der Waals surface area contributed by atoms with Crippen molar-refractivity contribution in [3.05, 3.63) is 128 Å². The molecule has 3 N–H and O–H groups in total. The summed E-state index contributed by atoms with van der Waals surface area (Å²) in [6.07, 6.45) is 2.57. The molecule has 0 aliphatic heterocycles. The van der Waals surface area contributed by atoms with E-state index in [0.29, 0.717) is 39.3 Å². The fraction of sp³-hybridized carbons (Fsp3) is 0.400. The van der Waals surface area contributed by atoms with Gasteiger partial charge in [-0.15, -0.1) is 20.2 Å². The van der Waals surface area contributed by atoms with Crippen LogP contribution in [0.25, 0.3) is 16.8 Å². The first-order valence-electron chi connectivity index (χ1n) is 18.3. The number of para-hydroxylation sites is 1. The minimum atomic E-state index is -1.35. The molecule has 1 unspecified atom stereocenters. The third kappa shape index (κ3) is 14.6. The number of carbonyl (C=O) groups excluding carboxylic acids is 2. The summed E-state index contributed by atoms with van der Waals surface area (Å²) >= 11 is 0. The van der Waals surface area contributed by atoms with Gasteiger partial charge in [0.15, 0.2) is 0 Å². The fourth-order valence-corrected chi connectivity index (χ4v) is 6.14. The first-order chi connectivity index (χ1) is 27.2. The molecule has 57 heavy (non-hydrogen) atoms. The Hall–Kier alpha value is -5.91. The number of hydrogen-bond donors (Lipinski definition) is 3. The Morgan fingerprint density at radius 3 is 2.28 bits per heavy atom. The van der Waals surface area contributed by atoms with Crippen LogP contribution in [0.1, 0.15) is 74.0 Å². The van der Waals surface area contributed by atoms with E-state index in [-0.39, 0.29) is 57.5 Å². The van der Waals surface area contributed by atoms with Crippen LogP contribution in [-0.4, -0.2) is 81.6 Å². The maximum Gasteiger partial charge on any atom is 0.308 e. The Labute approximate surface area is 329 Å². The number of aliphatic hydroxyl groups excluding tert-OH is 2. The Morgan fingerprint density at radius 1 is 0.965 bits per heavy atom. The summed E-state index contributed by atoms with van der Waals surface area (Å²) in [6, 6.07) is 14.9. The summed E-state index contributed by atoms with van der Waals surface area (Å²) in [5.74, 6) is -1.95. The summed E-state index contributed by atoms with van der Waals surface area (Å²) in [4.78, 5) is 56.6. The zero-order valence-electron chi connectivity index (χ0n) is 32.1. The van der Waals surface area contributed by atoms with Crippen molar-refractivity contribution in [2.75, 3.05) is 31.7 Å². The molecule has 3 atom stereocenters. The van der Waals surface area contributed by atoms with E-state index >= 15 is 0 Å². The second-order valence-electron chi connectivity index (χ2n) is 13.1. The van der Waals surface area contributed by atoms with Gasteiger partial charge in [-0.1, -0.05) is 62.9 Å². The van der Waals surface area contributed by atoms with Crippen LogP contribution in [-0.2, 0) is 30.5 Å². The fourth-order valence-electron chi connectivity index (χ4n) is 6.14. The van der Waals surface area contributed by atoms with E-state index in [1.165, 1.54) is 12.1 Å². The highest BCUT2D eigenvalue weighted by Crippen LogP contribution is 2.41. The molecule has 0 bridgehead atoms. The van der Waals surface area contributed by atoms with E-state index in [4.69, 9.17) is 9.47 Å². The number of allylic oxidation sites excluding steroid dienone is 5. The van der Waals surface area contributed by atoms with Gasteiger partial charge in [-0.05, 0) is 73.2 Å². The normalized spacial score (nSPS) is 13.2. The number of aliphatic hydroxyl groups is 2. The Kier molecular flexibility index (Phi) is 18.5. The Morgan fingerprint density at radius 2 is 1.67 bits per heavy atom. The number of nitrogens with one attached hydrogen (secondary N) is 1. The average Bonchev–Trinajstić information content (AvgIpc) is 3.50. The van der Waals surface area contributed by atoms with Gasteiger partial charge in [-0.3, -0.25) is 9.59 Å². The number of ether oxygens (including phenoxy) is 2. The molecule has 0 radical (unpaired) electrons. The first-order valence-corrected chi connectivity index (χ1v) is 18.3. The highest BCUT2D eigenvalue weighted by molar-refractivity contribution is 6.11. The van der Waals surface area contributed by atoms with Crippen molar-refractivity contribution in [3.63, 3.8) is 0 Å². The summed E-state index contributed by atoms with van der Waals surface area (Å²) < 4.78 is 26.4. The number of benzene rings is 2. The second kappa shape index (κ2) is 23.2. The number of carbonyl (C=O) groups is 2. The standard InChI is InChI=1S/C40H49FN4O12/c1-5-10-28(11-6-2)36-37(40(49)42-31-12-8-7-9-13-31)38(27(3)4)43(39(36)29-14-16-30(41)17-15-29)20-18-32(46)24-33(47)25-35(48)55-26-34(57-45(52)53)19-21-54-22-23-56-44(50)51/h5-17,27,32-34,46-47H,1,18-26H2,2-4H3,(H,42,49)/b11-6-,28-10+/t32-,33-,34?/m1/s1. The molecule has 0 spiro atoms. The third-order valence-electron chi connectivity index (χ3n) is 8.47. The number of rotatable bonds is 25. The van der Waals surface area contributed by atoms with Crippen LogP contribution in [0.15, 0.2) is 85.5 Å². The topological polar surface area (TPSA) is 215 Å². The van der Waals surface area contributed by atoms with Gasteiger partial charge in [0.25, 0.3) is 16.1 Å². The molecular weight excluding hydrogens is 747 g/mol. The summed E-state index contributed by atoms with van der Waals surface area (Å²) in [5.41, 5.74) is 4.06. The van der Waals surface area contributed by atoms with Gasteiger partial charge < -0.3 is 39.2 Å². The zero-order valence-corrected chi connectivity index (χ0v) is 32.1. The number of anilines is 1. The van der Waals surface area contributed by atoms with Crippen LogP contribution in [0, 0.1) is 26.0 Å². The van der Waals surface area contributed by atoms with Crippen LogP contribution in [0.3, 0.4) is 0 Å². The van der Waals surface area contributed by atoms with E-state index < -0.39 is 53.3 Å². The lowest BCUT2D eigenvalue weighted by Gasteiger charge is -2.20. The van der Waals surface area contributed by atoms with Gasteiger partial charge in [0.1, 0.15) is 25.1 Å². The van der Waals surface area contributed by atoms with Crippen molar-refractivity contribution >= 4 is 23.1 Å². The van der Waals surface area contributed by atoms with Crippen LogP contribution >= 0.6 is 0 Å². The van der Waals surface area contributed by atoms with Crippen LogP contribution < -0.4 is 5.32 Å². The molecule has 1 aromatic heterocycles. The van der Waals surface area contributed by atoms with E-state index in [1.807, 2.05) is 43.6 Å². The highest BCUT2D eigenvalue weighted by atomic mass is 19.1. The molecule has 0 saturated heterocycles. The van der Waals surface area contributed by atoms with Crippen molar-refractivity contribution in [1.82, 2.24) is 4.57 Å². The SMILES string of the molecule is C=C/C=C(\C=C/C)c1c(C(=O)Nc2ccccc2)c(C(C)C)n(CC[C@@H](O)C[C@@H](O)CC(=O)OCC(CCOCCO[N+](=O)[O-])O[N+](=O)[O-])c1-c1ccc(F)cc1. The smallest absolute Gasteiger partial charge is 0.308 e. The number of esters is 1. The lowest BCUT2D eigenvalue weighted by atomic mass is 9.93. The van der Waals surface area contributed by atoms with E-state index in [9.17, 15) is 44.4 Å². The lowest BCUT2D eigenvalue weighted by Crippen LogP contribution is -2.28. The van der Waals surface area contributed by atoms with Crippen molar-refractivity contribution in [3.8, 4) is 11.3 Å². The monoisotopic (exact) mass is 796 g/mol. The summed E-state index contributed by atoms with van der Waals surface area (Å²) in [7, 11) is 0. The van der Waals surface area contributed by atoms with E-state index in [1.54, 1.807) is 48.6 Å². The van der Waals surface area contributed by atoms with Crippen LogP contribution in [0.2, 0.25) is 0 Å². The quantitative estimate of drug-likeness (QED) is 0.0278. The van der Waals surface area contributed by atoms with Crippen molar-refractivity contribution in [1.29, 1.82) is 0 Å². The van der Waals surface area contributed by atoms with Crippen LogP contribution in [0.5, 0.6) is 0 Å². The molecule has 3 aromatic rings. The highest BCUT2D eigenvalue weighted by Gasteiger charge is 2.31. The maximum absolute atomic E-state index is 14.3. The van der Waals surface area contributed by atoms with Gasteiger partial charge in [0.2, 0.25) is 0 Å². The Bertz CT molecular complexity index is 1860. The maximum atomic E-state index is 14.3. The molecule has 0 saturated carbocycles. The number of nitrogens with zero attached hydrogens (tertiary/aromatic N) is 3. The average molecular weight is 797 g/mol. The van der Waals surface area contributed by atoms with Crippen molar-refractivity contribution in [2.45, 2.75) is 77.2 Å². The number of hydrogen-bond acceptors (Lipinski definition) is 12. The molecule has 1 amide bonds. The zero-order chi connectivity index (χ0) is 41.9. The molecule has 308 valence electrons. The predicted molar refractivity (Wildman–Crippen MR) is 208 cm³/mol.